The van der Waals surface area contributed by atoms with Crippen molar-refractivity contribution in [3.8, 4) is 17.2 Å². The first kappa shape index (κ1) is 20.4. The van der Waals surface area contributed by atoms with Gasteiger partial charge in [0.15, 0.2) is 5.58 Å². The van der Waals surface area contributed by atoms with E-state index in [4.69, 9.17) is 9.15 Å². The molecule has 8 nitrogen and oxygen atoms in total. The normalized spacial score (nSPS) is 13.8. The Morgan fingerprint density at radius 3 is 2.27 bits per heavy atom. The number of nitrogens with one attached hydrogen (secondary N) is 1. The molecule has 3 amide bonds. The van der Waals surface area contributed by atoms with Crippen molar-refractivity contribution in [1.29, 1.82) is 0 Å². The highest BCUT2D eigenvalue weighted by molar-refractivity contribution is 6.23. The maximum Gasteiger partial charge on any atom is 0.262 e. The third kappa shape index (κ3) is 3.41. The number of aromatic nitrogens is 1. The quantitative estimate of drug-likeness (QED) is 0.468. The molecule has 1 N–H and O–H groups in total. The van der Waals surface area contributed by atoms with Crippen molar-refractivity contribution < 1.29 is 23.5 Å². The summed E-state index contributed by atoms with van der Waals surface area (Å²) in [5.41, 5.74) is 2.85. The van der Waals surface area contributed by atoms with E-state index < -0.39 is 23.8 Å². The van der Waals surface area contributed by atoms with Gasteiger partial charge in [-0.2, -0.15) is 0 Å². The molecule has 0 saturated carbocycles. The maximum atomic E-state index is 12.9. The summed E-state index contributed by atoms with van der Waals surface area (Å²) < 4.78 is 11.3. The molecular formula is C25H19N3O5. The lowest BCUT2D eigenvalue weighted by Crippen LogP contribution is -2.45. The Kier molecular flexibility index (Phi) is 4.90. The zero-order valence-corrected chi connectivity index (χ0v) is 17.9. The van der Waals surface area contributed by atoms with Gasteiger partial charge in [-0.3, -0.25) is 19.3 Å². The minimum Gasteiger partial charge on any atom is -0.496 e. The standard InChI is InChI=1S/C25H19N3O5/c1-14(28-24(30)16-7-3-4-8-17(16)25(28)31)22(29)26-15-11-12-19-21(13-15)33-23(27-19)18-9-5-6-10-20(18)32-2/h3-14H,1-2H3,(H,26,29). The number of amides is 3. The van der Waals surface area contributed by atoms with E-state index >= 15 is 0 Å². The van der Waals surface area contributed by atoms with Crippen LogP contribution in [0, 0.1) is 0 Å². The highest BCUT2D eigenvalue weighted by Gasteiger charge is 2.40. The summed E-state index contributed by atoms with van der Waals surface area (Å²) in [6.07, 6.45) is 0. The maximum absolute atomic E-state index is 12.9. The second-order valence-electron chi connectivity index (χ2n) is 7.59. The number of hydrogen-bond donors (Lipinski definition) is 1. The van der Waals surface area contributed by atoms with Crippen LogP contribution in [0.15, 0.2) is 71.1 Å². The largest absolute Gasteiger partial charge is 0.496 e. The highest BCUT2D eigenvalue weighted by atomic mass is 16.5. The number of hydrogen-bond acceptors (Lipinski definition) is 6. The average Bonchev–Trinajstić information content (AvgIpc) is 3.37. The summed E-state index contributed by atoms with van der Waals surface area (Å²) >= 11 is 0. The fourth-order valence-corrected chi connectivity index (χ4v) is 3.86. The van der Waals surface area contributed by atoms with Crippen molar-refractivity contribution in [3.63, 3.8) is 0 Å². The Hall–Kier alpha value is -4.46. The first-order chi connectivity index (χ1) is 16.0. The van der Waals surface area contributed by atoms with Crippen LogP contribution in [0.4, 0.5) is 5.69 Å². The highest BCUT2D eigenvalue weighted by Crippen LogP contribution is 2.32. The second-order valence-corrected chi connectivity index (χ2v) is 7.59. The molecule has 0 bridgehead atoms. The molecule has 1 unspecified atom stereocenters. The molecule has 1 aromatic heterocycles. The van der Waals surface area contributed by atoms with E-state index in [9.17, 15) is 14.4 Å². The van der Waals surface area contributed by atoms with Crippen LogP contribution in [0.2, 0.25) is 0 Å². The molecular weight excluding hydrogens is 422 g/mol. The number of ether oxygens (including phenoxy) is 1. The SMILES string of the molecule is COc1ccccc1-c1nc2ccc(NC(=O)C(C)N3C(=O)c4ccccc4C3=O)cc2o1. The number of fused-ring (bicyclic) bond motifs is 2. The summed E-state index contributed by atoms with van der Waals surface area (Å²) in [6, 6.07) is 18.0. The van der Waals surface area contributed by atoms with Gasteiger partial charge in [0.2, 0.25) is 11.8 Å². The molecule has 5 rings (SSSR count). The Morgan fingerprint density at radius 1 is 0.970 bits per heavy atom. The van der Waals surface area contributed by atoms with Crippen molar-refractivity contribution >= 4 is 34.5 Å². The molecule has 8 heteroatoms. The second kappa shape index (κ2) is 7.90. The third-order valence-corrected chi connectivity index (χ3v) is 5.59. The molecule has 0 fully saturated rings. The van der Waals surface area contributed by atoms with Gasteiger partial charge in [-0.05, 0) is 43.3 Å². The topological polar surface area (TPSA) is 102 Å². The van der Waals surface area contributed by atoms with Gasteiger partial charge in [0.25, 0.3) is 11.8 Å². The van der Waals surface area contributed by atoms with E-state index in [0.29, 0.717) is 45.1 Å². The summed E-state index contributed by atoms with van der Waals surface area (Å²) in [5, 5.41) is 2.75. The van der Waals surface area contributed by atoms with Crippen molar-refractivity contribution in [2.24, 2.45) is 0 Å². The Bertz CT molecular complexity index is 1390. The number of imide groups is 1. The van der Waals surface area contributed by atoms with E-state index in [0.717, 1.165) is 4.90 Å². The van der Waals surface area contributed by atoms with Gasteiger partial charge in [-0.15, -0.1) is 0 Å². The van der Waals surface area contributed by atoms with E-state index in [1.807, 2.05) is 24.3 Å². The number of anilines is 1. The number of methoxy groups -OCH3 is 1. The number of rotatable bonds is 5. The zero-order valence-electron chi connectivity index (χ0n) is 17.9. The fraction of sp³-hybridized carbons (Fsp3) is 0.120. The minimum atomic E-state index is -0.994. The summed E-state index contributed by atoms with van der Waals surface area (Å²) in [7, 11) is 1.57. The van der Waals surface area contributed by atoms with Gasteiger partial charge < -0.3 is 14.5 Å². The molecule has 0 spiro atoms. The van der Waals surface area contributed by atoms with Crippen LogP contribution in [-0.4, -0.2) is 40.8 Å². The lowest BCUT2D eigenvalue weighted by molar-refractivity contribution is -0.119. The van der Waals surface area contributed by atoms with Gasteiger partial charge in [-0.1, -0.05) is 24.3 Å². The van der Waals surface area contributed by atoms with Gasteiger partial charge in [-0.25, -0.2) is 4.98 Å². The summed E-state index contributed by atoms with van der Waals surface area (Å²) in [4.78, 5) is 43.7. The lowest BCUT2D eigenvalue weighted by atomic mass is 10.1. The molecule has 164 valence electrons. The van der Waals surface area contributed by atoms with Crippen LogP contribution in [-0.2, 0) is 4.79 Å². The van der Waals surface area contributed by atoms with Crippen LogP contribution >= 0.6 is 0 Å². The number of benzene rings is 3. The van der Waals surface area contributed by atoms with Crippen LogP contribution in [0.5, 0.6) is 5.75 Å². The molecule has 1 atom stereocenters. The number of carbonyl (C=O) groups excluding carboxylic acids is 3. The van der Waals surface area contributed by atoms with Crippen LogP contribution in [0.25, 0.3) is 22.6 Å². The first-order valence-electron chi connectivity index (χ1n) is 10.3. The van der Waals surface area contributed by atoms with Crippen LogP contribution in [0.1, 0.15) is 27.6 Å². The van der Waals surface area contributed by atoms with E-state index in [1.54, 1.807) is 49.6 Å². The van der Waals surface area contributed by atoms with Gasteiger partial charge >= 0.3 is 0 Å². The summed E-state index contributed by atoms with van der Waals surface area (Å²) in [6.45, 7) is 1.52. The molecule has 3 aromatic carbocycles. The predicted octanol–water partition coefficient (Wildman–Crippen LogP) is 4.13. The minimum absolute atomic E-state index is 0.300. The van der Waals surface area contributed by atoms with Crippen LogP contribution < -0.4 is 10.1 Å². The average molecular weight is 441 g/mol. The van der Waals surface area contributed by atoms with Crippen molar-refractivity contribution in [2.45, 2.75) is 13.0 Å². The molecule has 0 saturated heterocycles. The van der Waals surface area contributed by atoms with Crippen molar-refractivity contribution in [3.05, 3.63) is 77.9 Å². The van der Waals surface area contributed by atoms with E-state index in [2.05, 4.69) is 10.3 Å². The number of oxazole rings is 1. The fourth-order valence-electron chi connectivity index (χ4n) is 3.86. The van der Waals surface area contributed by atoms with Crippen LogP contribution in [0.3, 0.4) is 0 Å². The molecule has 1 aliphatic heterocycles. The van der Waals surface area contributed by atoms with Gasteiger partial charge in [0.05, 0.1) is 23.8 Å². The molecule has 0 radical (unpaired) electrons. The zero-order chi connectivity index (χ0) is 23.1. The summed E-state index contributed by atoms with van der Waals surface area (Å²) in [5.74, 6) is -0.429. The van der Waals surface area contributed by atoms with Crippen molar-refractivity contribution in [2.75, 3.05) is 12.4 Å². The smallest absolute Gasteiger partial charge is 0.262 e. The number of para-hydroxylation sites is 1. The van der Waals surface area contributed by atoms with E-state index in [1.165, 1.54) is 6.92 Å². The van der Waals surface area contributed by atoms with Crippen molar-refractivity contribution in [1.82, 2.24) is 9.88 Å². The lowest BCUT2D eigenvalue weighted by Gasteiger charge is -2.21. The molecule has 0 aliphatic carbocycles. The van der Waals surface area contributed by atoms with E-state index in [-0.39, 0.29) is 0 Å². The number of nitrogens with zero attached hydrogens (tertiary/aromatic N) is 2. The molecule has 2 heterocycles. The predicted molar refractivity (Wildman–Crippen MR) is 121 cm³/mol. The molecule has 33 heavy (non-hydrogen) atoms. The molecule has 1 aliphatic rings. The molecule has 4 aromatic rings. The Morgan fingerprint density at radius 2 is 1.61 bits per heavy atom. The van der Waals surface area contributed by atoms with Gasteiger partial charge in [0.1, 0.15) is 17.3 Å². The monoisotopic (exact) mass is 441 g/mol. The Balaban J connectivity index is 1.38. The first-order valence-corrected chi connectivity index (χ1v) is 10.3. The number of carbonyl (C=O) groups is 3. The Labute approximate surface area is 188 Å². The van der Waals surface area contributed by atoms with Gasteiger partial charge in [0, 0.05) is 11.8 Å². The third-order valence-electron chi connectivity index (χ3n) is 5.59.